The van der Waals surface area contributed by atoms with Crippen molar-refractivity contribution < 1.29 is 13.9 Å². The van der Waals surface area contributed by atoms with Gasteiger partial charge in [-0.05, 0) is 92.4 Å². The molecule has 196 valence electrons. The molecule has 4 aromatic rings. The number of benzene rings is 3. The highest BCUT2D eigenvalue weighted by atomic mass is 19.1. The number of carbonyl (C=O) groups is 1. The van der Waals surface area contributed by atoms with Gasteiger partial charge < -0.3 is 24.8 Å². The van der Waals surface area contributed by atoms with E-state index in [0.717, 1.165) is 74.5 Å². The molecule has 7 heteroatoms. The average Bonchev–Trinajstić information content (AvgIpc) is 3.26. The van der Waals surface area contributed by atoms with Crippen LogP contribution in [-0.4, -0.2) is 36.2 Å². The third-order valence-corrected chi connectivity index (χ3v) is 7.68. The molecule has 0 aliphatic carbocycles. The van der Waals surface area contributed by atoms with E-state index in [2.05, 4.69) is 45.9 Å². The van der Waals surface area contributed by atoms with E-state index in [-0.39, 0.29) is 17.8 Å². The van der Waals surface area contributed by atoms with Crippen LogP contribution < -0.4 is 20.3 Å². The summed E-state index contributed by atoms with van der Waals surface area (Å²) in [6.45, 7) is 3.69. The molecule has 1 saturated heterocycles. The van der Waals surface area contributed by atoms with Crippen molar-refractivity contribution in [2.45, 2.75) is 38.3 Å². The number of nitrogens with one attached hydrogen (secondary N) is 2. The third kappa shape index (κ3) is 4.98. The molecule has 2 aliphatic heterocycles. The second kappa shape index (κ2) is 10.5. The fourth-order valence-electron chi connectivity index (χ4n) is 5.72. The van der Waals surface area contributed by atoms with Crippen molar-refractivity contribution in [1.82, 2.24) is 9.88 Å². The first-order valence-corrected chi connectivity index (χ1v) is 13.4. The molecule has 0 spiro atoms. The third-order valence-electron chi connectivity index (χ3n) is 7.68. The summed E-state index contributed by atoms with van der Waals surface area (Å²) in [5.41, 5.74) is 5.63. The van der Waals surface area contributed by atoms with Gasteiger partial charge in [0.1, 0.15) is 23.4 Å². The Labute approximate surface area is 222 Å². The maximum Gasteiger partial charge on any atom is 0.272 e. The van der Waals surface area contributed by atoms with E-state index >= 15 is 0 Å². The van der Waals surface area contributed by atoms with Gasteiger partial charge in [0, 0.05) is 31.0 Å². The molecule has 0 bridgehead atoms. The first kappa shape index (κ1) is 24.5. The number of anilines is 2. The molecule has 0 atom stereocenters. The molecular formula is C31H33FN4O2. The molecule has 3 aromatic carbocycles. The summed E-state index contributed by atoms with van der Waals surface area (Å²) in [7, 11) is 1.83. The summed E-state index contributed by atoms with van der Waals surface area (Å²) in [6.07, 6.45) is 4.40. The minimum Gasteiger partial charge on any atom is -0.490 e. The highest BCUT2D eigenvalue weighted by Gasteiger charge is 2.23. The summed E-state index contributed by atoms with van der Waals surface area (Å²) in [5.74, 6) is 0.402. The summed E-state index contributed by atoms with van der Waals surface area (Å²) in [6, 6.07) is 20.9. The van der Waals surface area contributed by atoms with Gasteiger partial charge in [-0.15, -0.1) is 0 Å². The molecule has 3 heterocycles. The zero-order valence-corrected chi connectivity index (χ0v) is 21.7. The van der Waals surface area contributed by atoms with Crippen LogP contribution in [0.5, 0.6) is 5.75 Å². The maximum atomic E-state index is 13.7. The number of carbonyl (C=O) groups excluding carboxylic acids is 1. The van der Waals surface area contributed by atoms with Crippen LogP contribution in [0.2, 0.25) is 0 Å². The number of aryl methyl sites for hydroxylation is 2. The van der Waals surface area contributed by atoms with Crippen molar-refractivity contribution >= 4 is 28.2 Å². The lowest BCUT2D eigenvalue weighted by Gasteiger charge is -2.33. The molecule has 38 heavy (non-hydrogen) atoms. The molecule has 6 rings (SSSR count). The van der Waals surface area contributed by atoms with Crippen LogP contribution in [0.25, 0.3) is 10.9 Å². The SMILES string of the molecule is Cn1c(C(=O)Nc2cccc3c2N(Cc2ccc(OC4CCNCC4)cc2)CCC3)cc2cc(F)ccc21. The minimum absolute atomic E-state index is 0.206. The lowest BCUT2D eigenvalue weighted by atomic mass is 9.99. The van der Waals surface area contributed by atoms with Gasteiger partial charge in [-0.1, -0.05) is 24.3 Å². The predicted molar refractivity (Wildman–Crippen MR) is 150 cm³/mol. The number of piperidine rings is 1. The summed E-state index contributed by atoms with van der Waals surface area (Å²) in [4.78, 5) is 15.7. The van der Waals surface area contributed by atoms with E-state index in [1.54, 1.807) is 12.1 Å². The van der Waals surface area contributed by atoms with Gasteiger partial charge in [-0.25, -0.2) is 4.39 Å². The Bertz CT molecular complexity index is 1460. The number of rotatable bonds is 6. The summed E-state index contributed by atoms with van der Waals surface area (Å²) in [5, 5.41) is 7.24. The van der Waals surface area contributed by atoms with Crippen molar-refractivity contribution in [2.75, 3.05) is 29.9 Å². The number of nitrogens with zero attached hydrogens (tertiary/aromatic N) is 2. The maximum absolute atomic E-state index is 13.7. The number of aromatic nitrogens is 1. The highest BCUT2D eigenvalue weighted by Crippen LogP contribution is 2.36. The van der Waals surface area contributed by atoms with Gasteiger partial charge in [0.05, 0.1) is 11.4 Å². The van der Waals surface area contributed by atoms with Crippen molar-refractivity contribution in [3.63, 3.8) is 0 Å². The topological polar surface area (TPSA) is 58.5 Å². The Kier molecular flexibility index (Phi) is 6.77. The molecule has 1 fully saturated rings. The summed E-state index contributed by atoms with van der Waals surface area (Å²) >= 11 is 0. The van der Waals surface area contributed by atoms with Crippen LogP contribution in [0, 0.1) is 5.82 Å². The van der Waals surface area contributed by atoms with Crippen LogP contribution in [-0.2, 0) is 20.0 Å². The highest BCUT2D eigenvalue weighted by molar-refractivity contribution is 6.08. The van der Waals surface area contributed by atoms with Crippen LogP contribution in [0.1, 0.15) is 40.9 Å². The molecule has 2 N–H and O–H groups in total. The molecule has 1 aromatic heterocycles. The van der Waals surface area contributed by atoms with Gasteiger partial charge >= 0.3 is 0 Å². The Balaban J connectivity index is 1.21. The number of amides is 1. The summed E-state index contributed by atoms with van der Waals surface area (Å²) < 4.78 is 21.7. The number of halogens is 1. The number of ether oxygens (including phenoxy) is 1. The van der Waals surface area contributed by atoms with Gasteiger partial charge in [0.2, 0.25) is 0 Å². The van der Waals surface area contributed by atoms with E-state index < -0.39 is 0 Å². The first-order valence-electron chi connectivity index (χ1n) is 13.4. The van der Waals surface area contributed by atoms with E-state index in [0.29, 0.717) is 11.1 Å². The van der Waals surface area contributed by atoms with Crippen molar-refractivity contribution in [3.8, 4) is 5.75 Å². The number of para-hydroxylation sites is 1. The minimum atomic E-state index is -0.311. The van der Waals surface area contributed by atoms with Gasteiger partial charge in [0.15, 0.2) is 0 Å². The lowest BCUT2D eigenvalue weighted by molar-refractivity contribution is 0.101. The number of hydrogen-bond acceptors (Lipinski definition) is 4. The average molecular weight is 513 g/mol. The Morgan fingerprint density at radius 3 is 2.71 bits per heavy atom. The first-order chi connectivity index (χ1) is 18.5. The van der Waals surface area contributed by atoms with Crippen molar-refractivity contribution in [1.29, 1.82) is 0 Å². The van der Waals surface area contributed by atoms with Crippen LogP contribution in [0.3, 0.4) is 0 Å². The zero-order chi connectivity index (χ0) is 26.1. The van der Waals surface area contributed by atoms with Crippen LogP contribution >= 0.6 is 0 Å². The standard InChI is InChI=1S/C31H33FN4O2/c1-35-28-12-9-24(32)18-23(28)19-29(35)31(37)34-27-6-2-4-22-5-3-17-36(30(22)27)20-21-7-10-25(11-8-21)38-26-13-15-33-16-14-26/h2,4,6-12,18-19,26,33H,3,5,13-17,20H2,1H3,(H,34,37). The second-order valence-electron chi connectivity index (χ2n) is 10.3. The van der Waals surface area contributed by atoms with Gasteiger partial charge in [-0.3, -0.25) is 4.79 Å². The fraction of sp³-hybridized carbons (Fsp3) is 0.323. The van der Waals surface area contributed by atoms with Crippen LogP contribution in [0.15, 0.2) is 66.7 Å². The number of fused-ring (bicyclic) bond motifs is 2. The zero-order valence-electron chi connectivity index (χ0n) is 21.7. The van der Waals surface area contributed by atoms with E-state index in [9.17, 15) is 9.18 Å². The monoisotopic (exact) mass is 512 g/mol. The quantitative estimate of drug-likeness (QED) is 0.350. The Hall–Kier alpha value is -3.84. The molecular weight excluding hydrogens is 479 g/mol. The number of hydrogen-bond donors (Lipinski definition) is 2. The smallest absolute Gasteiger partial charge is 0.272 e. The van der Waals surface area contributed by atoms with Gasteiger partial charge in [0.25, 0.3) is 5.91 Å². The molecule has 6 nitrogen and oxygen atoms in total. The molecule has 1 amide bonds. The van der Waals surface area contributed by atoms with E-state index in [4.69, 9.17) is 4.74 Å². The fourth-order valence-corrected chi connectivity index (χ4v) is 5.72. The van der Waals surface area contributed by atoms with E-state index in [1.165, 1.54) is 23.3 Å². The largest absolute Gasteiger partial charge is 0.490 e. The predicted octanol–water partition coefficient (Wildman–Crippen LogP) is 5.65. The molecule has 2 aliphatic rings. The lowest BCUT2D eigenvalue weighted by Crippen LogP contribution is -2.34. The normalized spacial score (nSPS) is 15.9. The van der Waals surface area contributed by atoms with Gasteiger partial charge in [-0.2, -0.15) is 0 Å². The molecule has 0 saturated carbocycles. The van der Waals surface area contributed by atoms with Crippen LogP contribution in [0.4, 0.5) is 15.8 Å². The Morgan fingerprint density at radius 1 is 1.08 bits per heavy atom. The van der Waals surface area contributed by atoms with Crippen molar-refractivity contribution in [3.05, 3.63) is 89.4 Å². The molecule has 0 radical (unpaired) electrons. The van der Waals surface area contributed by atoms with E-state index in [1.807, 2.05) is 23.7 Å². The molecule has 0 unspecified atom stereocenters. The second-order valence-corrected chi connectivity index (χ2v) is 10.3. The van der Waals surface area contributed by atoms with Crippen molar-refractivity contribution in [2.24, 2.45) is 7.05 Å². The Morgan fingerprint density at radius 2 is 1.89 bits per heavy atom.